The zero-order chi connectivity index (χ0) is 9.10. The topological polar surface area (TPSA) is 25.8 Å². The van der Waals surface area contributed by atoms with E-state index in [0.717, 1.165) is 11.3 Å². The van der Waals surface area contributed by atoms with E-state index in [0.29, 0.717) is 0 Å². The van der Waals surface area contributed by atoms with Gasteiger partial charge in [0, 0.05) is 5.39 Å². The minimum atomic E-state index is 1.08. The molecule has 0 saturated carbocycles. The van der Waals surface area contributed by atoms with Crippen molar-refractivity contribution in [1.82, 2.24) is 9.97 Å². The van der Waals surface area contributed by atoms with E-state index < -0.39 is 0 Å². The summed E-state index contributed by atoms with van der Waals surface area (Å²) in [5.41, 5.74) is 1.20. The van der Waals surface area contributed by atoms with Gasteiger partial charge < -0.3 is 0 Å². The standard InChI is InChI=1S/C10H12N2S/c1-2-3-4-9-8-5-6-13-10(8)12-7-11-9/h5-7H,2-4H2,1H3. The summed E-state index contributed by atoms with van der Waals surface area (Å²) < 4.78 is 0. The Hall–Kier alpha value is -0.960. The maximum atomic E-state index is 4.31. The Morgan fingerprint density at radius 3 is 3.15 bits per heavy atom. The number of hydrogen-bond donors (Lipinski definition) is 0. The normalized spacial score (nSPS) is 10.8. The van der Waals surface area contributed by atoms with E-state index in [4.69, 9.17) is 0 Å². The predicted molar refractivity (Wildman–Crippen MR) is 56.0 cm³/mol. The third-order valence-corrected chi connectivity index (χ3v) is 2.93. The van der Waals surface area contributed by atoms with Gasteiger partial charge in [-0.2, -0.15) is 0 Å². The highest BCUT2D eigenvalue weighted by atomic mass is 32.1. The molecule has 0 atom stereocenters. The van der Waals surface area contributed by atoms with Gasteiger partial charge in [0.05, 0.1) is 5.69 Å². The number of aryl methyl sites for hydroxylation is 1. The Balaban J connectivity index is 2.37. The van der Waals surface area contributed by atoms with Crippen LogP contribution in [0.25, 0.3) is 10.2 Å². The molecule has 68 valence electrons. The fraction of sp³-hybridized carbons (Fsp3) is 0.400. The van der Waals surface area contributed by atoms with Gasteiger partial charge in [0.15, 0.2) is 0 Å². The monoisotopic (exact) mass is 192 g/mol. The lowest BCUT2D eigenvalue weighted by Crippen LogP contribution is -1.91. The van der Waals surface area contributed by atoms with Crippen molar-refractivity contribution in [2.45, 2.75) is 26.2 Å². The van der Waals surface area contributed by atoms with Gasteiger partial charge in [0.1, 0.15) is 11.2 Å². The predicted octanol–water partition coefficient (Wildman–Crippen LogP) is 3.03. The Morgan fingerprint density at radius 2 is 2.31 bits per heavy atom. The van der Waals surface area contributed by atoms with Gasteiger partial charge in [-0.05, 0) is 24.3 Å². The van der Waals surface area contributed by atoms with Gasteiger partial charge in [-0.25, -0.2) is 9.97 Å². The molecule has 2 nitrogen and oxygen atoms in total. The minimum Gasteiger partial charge on any atom is -0.241 e. The highest BCUT2D eigenvalue weighted by Gasteiger charge is 2.02. The zero-order valence-corrected chi connectivity index (χ0v) is 8.47. The maximum Gasteiger partial charge on any atom is 0.126 e. The highest BCUT2D eigenvalue weighted by Crippen LogP contribution is 2.21. The largest absolute Gasteiger partial charge is 0.241 e. The summed E-state index contributed by atoms with van der Waals surface area (Å²) in [5.74, 6) is 0. The van der Waals surface area contributed by atoms with E-state index in [-0.39, 0.29) is 0 Å². The van der Waals surface area contributed by atoms with E-state index >= 15 is 0 Å². The van der Waals surface area contributed by atoms with Crippen LogP contribution < -0.4 is 0 Å². The first-order valence-electron chi connectivity index (χ1n) is 4.59. The van der Waals surface area contributed by atoms with Crippen LogP contribution in [-0.4, -0.2) is 9.97 Å². The molecule has 2 aromatic heterocycles. The molecule has 0 aliphatic heterocycles. The fourth-order valence-corrected chi connectivity index (χ4v) is 2.14. The minimum absolute atomic E-state index is 1.08. The number of hydrogen-bond acceptors (Lipinski definition) is 3. The maximum absolute atomic E-state index is 4.31. The summed E-state index contributed by atoms with van der Waals surface area (Å²) in [5, 5.41) is 3.32. The molecule has 2 aromatic rings. The average molecular weight is 192 g/mol. The van der Waals surface area contributed by atoms with Gasteiger partial charge in [-0.1, -0.05) is 13.3 Å². The van der Waals surface area contributed by atoms with Crippen molar-refractivity contribution in [2.75, 3.05) is 0 Å². The van der Waals surface area contributed by atoms with Crippen molar-refractivity contribution < 1.29 is 0 Å². The van der Waals surface area contributed by atoms with Crippen LogP contribution in [0.1, 0.15) is 25.5 Å². The molecule has 0 radical (unpaired) electrons. The van der Waals surface area contributed by atoms with Crippen molar-refractivity contribution in [1.29, 1.82) is 0 Å². The van der Waals surface area contributed by atoms with Crippen molar-refractivity contribution in [3.63, 3.8) is 0 Å². The number of aromatic nitrogens is 2. The number of unbranched alkanes of at least 4 members (excludes halogenated alkanes) is 1. The molecule has 0 unspecified atom stereocenters. The van der Waals surface area contributed by atoms with E-state index in [2.05, 4.69) is 28.3 Å². The molecule has 2 rings (SSSR count). The van der Waals surface area contributed by atoms with Gasteiger partial charge in [-0.15, -0.1) is 11.3 Å². The summed E-state index contributed by atoms with van der Waals surface area (Å²) in [7, 11) is 0. The van der Waals surface area contributed by atoms with Crippen LogP contribution >= 0.6 is 11.3 Å². The van der Waals surface area contributed by atoms with Crippen LogP contribution in [-0.2, 0) is 6.42 Å². The molecule has 2 heterocycles. The molecule has 0 spiro atoms. The number of fused-ring (bicyclic) bond motifs is 1. The lowest BCUT2D eigenvalue weighted by Gasteiger charge is -1.99. The molecule has 0 bridgehead atoms. The summed E-state index contributed by atoms with van der Waals surface area (Å²) in [6.45, 7) is 2.20. The van der Waals surface area contributed by atoms with Crippen molar-refractivity contribution >= 4 is 21.6 Å². The molecule has 0 aliphatic carbocycles. The second-order valence-corrected chi connectivity index (χ2v) is 3.96. The van der Waals surface area contributed by atoms with Crippen LogP contribution in [0, 0.1) is 0 Å². The molecule has 0 aromatic carbocycles. The smallest absolute Gasteiger partial charge is 0.126 e. The third-order valence-electron chi connectivity index (χ3n) is 2.11. The fourth-order valence-electron chi connectivity index (χ4n) is 1.38. The Labute approximate surface area is 81.7 Å². The molecule has 0 N–H and O–H groups in total. The van der Waals surface area contributed by atoms with E-state index in [1.165, 1.54) is 23.9 Å². The quantitative estimate of drug-likeness (QED) is 0.747. The van der Waals surface area contributed by atoms with E-state index in [1.54, 1.807) is 17.7 Å². The van der Waals surface area contributed by atoms with Crippen LogP contribution in [0.15, 0.2) is 17.8 Å². The van der Waals surface area contributed by atoms with Crippen LogP contribution in [0.3, 0.4) is 0 Å². The zero-order valence-electron chi connectivity index (χ0n) is 7.66. The second kappa shape index (κ2) is 3.83. The van der Waals surface area contributed by atoms with Crippen molar-refractivity contribution in [2.24, 2.45) is 0 Å². The average Bonchev–Trinajstić information content (AvgIpc) is 2.62. The Kier molecular flexibility index (Phi) is 2.54. The summed E-state index contributed by atoms with van der Waals surface area (Å²) >= 11 is 1.68. The van der Waals surface area contributed by atoms with Crippen molar-refractivity contribution in [3.8, 4) is 0 Å². The third kappa shape index (κ3) is 1.70. The number of rotatable bonds is 3. The SMILES string of the molecule is CCCCc1ncnc2sccc12. The van der Waals surface area contributed by atoms with Gasteiger partial charge in [0.25, 0.3) is 0 Å². The van der Waals surface area contributed by atoms with E-state index in [9.17, 15) is 0 Å². The van der Waals surface area contributed by atoms with Crippen LogP contribution in [0.4, 0.5) is 0 Å². The van der Waals surface area contributed by atoms with E-state index in [1.807, 2.05) is 0 Å². The van der Waals surface area contributed by atoms with Crippen LogP contribution in [0.5, 0.6) is 0 Å². The first-order chi connectivity index (χ1) is 6.42. The molecule has 0 amide bonds. The second-order valence-electron chi connectivity index (χ2n) is 3.06. The lowest BCUT2D eigenvalue weighted by atomic mass is 10.1. The summed E-state index contributed by atoms with van der Waals surface area (Å²) in [6, 6.07) is 2.12. The van der Waals surface area contributed by atoms with Gasteiger partial charge >= 0.3 is 0 Å². The summed E-state index contributed by atoms with van der Waals surface area (Å²) in [4.78, 5) is 9.64. The molecular weight excluding hydrogens is 180 g/mol. The molecule has 13 heavy (non-hydrogen) atoms. The molecular formula is C10H12N2S. The van der Waals surface area contributed by atoms with Crippen LogP contribution in [0.2, 0.25) is 0 Å². The highest BCUT2D eigenvalue weighted by molar-refractivity contribution is 7.16. The number of thiophene rings is 1. The summed E-state index contributed by atoms with van der Waals surface area (Å²) in [6.07, 6.45) is 5.17. The number of nitrogens with zero attached hydrogens (tertiary/aromatic N) is 2. The molecule has 3 heteroatoms. The van der Waals surface area contributed by atoms with Crippen molar-refractivity contribution in [3.05, 3.63) is 23.5 Å². The van der Waals surface area contributed by atoms with Gasteiger partial charge in [-0.3, -0.25) is 0 Å². The molecule has 0 aliphatic rings. The lowest BCUT2D eigenvalue weighted by molar-refractivity contribution is 0.780. The van der Waals surface area contributed by atoms with Gasteiger partial charge in [0.2, 0.25) is 0 Å². The Morgan fingerprint density at radius 1 is 1.38 bits per heavy atom. The Bertz CT molecular complexity index is 394. The molecule has 0 fully saturated rings. The molecule has 0 saturated heterocycles. The first kappa shape index (κ1) is 8.63. The first-order valence-corrected chi connectivity index (χ1v) is 5.47.